The van der Waals surface area contributed by atoms with Crippen molar-refractivity contribution in [3.05, 3.63) is 0 Å². The third-order valence-corrected chi connectivity index (χ3v) is 7.53. The summed E-state index contributed by atoms with van der Waals surface area (Å²) in [6, 6.07) is 0.379. The monoisotopic (exact) mass is 437 g/mol. The van der Waals surface area contributed by atoms with Gasteiger partial charge in [0.05, 0.1) is 6.61 Å². The molecule has 1 saturated heterocycles. The largest absolute Gasteiger partial charge is 0.449 e. The van der Waals surface area contributed by atoms with E-state index in [1.165, 1.54) is 51.4 Å². The van der Waals surface area contributed by atoms with Crippen molar-refractivity contribution in [2.75, 3.05) is 13.2 Å². The fourth-order valence-electron chi connectivity index (χ4n) is 5.28. The molecule has 0 bridgehead atoms. The summed E-state index contributed by atoms with van der Waals surface area (Å²) < 4.78 is 5.25. The van der Waals surface area contributed by atoms with Crippen LogP contribution >= 0.6 is 0 Å². The number of carbonyl (C=O) groups excluding carboxylic acids is 1. The van der Waals surface area contributed by atoms with Crippen molar-refractivity contribution in [3.8, 4) is 0 Å². The highest BCUT2D eigenvalue weighted by atomic mass is 16.6. The highest BCUT2D eigenvalue weighted by Gasteiger charge is 2.31. The lowest BCUT2D eigenvalue weighted by Crippen LogP contribution is -2.39. The van der Waals surface area contributed by atoms with E-state index in [9.17, 15) is 4.79 Å². The molecular weight excluding hydrogens is 382 g/mol. The van der Waals surface area contributed by atoms with Gasteiger partial charge in [-0.25, -0.2) is 4.79 Å². The van der Waals surface area contributed by atoms with Crippen LogP contribution in [0.2, 0.25) is 0 Å². The topological polar surface area (TPSA) is 29.5 Å². The zero-order chi connectivity index (χ0) is 23.4. The first-order valence-corrected chi connectivity index (χ1v) is 13.6. The van der Waals surface area contributed by atoms with E-state index in [0.29, 0.717) is 24.5 Å². The summed E-state index contributed by atoms with van der Waals surface area (Å²) in [6.07, 6.45) is 14.1. The number of rotatable bonds is 5. The van der Waals surface area contributed by atoms with Crippen molar-refractivity contribution in [1.82, 2.24) is 4.90 Å². The molecule has 3 aliphatic rings. The van der Waals surface area contributed by atoms with Gasteiger partial charge in [-0.15, -0.1) is 0 Å². The molecule has 1 unspecified atom stereocenters. The van der Waals surface area contributed by atoms with E-state index in [4.69, 9.17) is 4.74 Å². The Morgan fingerprint density at radius 2 is 1.16 bits per heavy atom. The number of hydrogen-bond acceptors (Lipinski definition) is 2. The van der Waals surface area contributed by atoms with Gasteiger partial charge in [-0.1, -0.05) is 107 Å². The number of likely N-dealkylation sites (tertiary alicyclic amines) is 1. The molecule has 3 heteroatoms. The predicted molar refractivity (Wildman–Crippen MR) is 134 cm³/mol. The lowest BCUT2D eigenvalue weighted by Gasteiger charge is -2.27. The van der Waals surface area contributed by atoms with Crippen LogP contribution in [-0.4, -0.2) is 30.2 Å². The van der Waals surface area contributed by atoms with Crippen LogP contribution in [0.3, 0.4) is 0 Å². The fraction of sp³-hybridized carbons (Fsp3) is 0.964. The summed E-state index contributed by atoms with van der Waals surface area (Å²) in [5, 5.41) is 0. The average molecular weight is 438 g/mol. The Morgan fingerprint density at radius 3 is 1.48 bits per heavy atom. The minimum absolute atomic E-state index is 0.125. The number of hydrogen-bond donors (Lipinski definition) is 0. The van der Waals surface area contributed by atoms with Gasteiger partial charge in [0.1, 0.15) is 0 Å². The maximum Gasteiger partial charge on any atom is 0.410 e. The Kier molecular flexibility index (Phi) is 13.8. The molecule has 0 spiro atoms. The maximum absolute atomic E-state index is 11.8. The molecule has 0 aromatic rings. The second-order valence-corrected chi connectivity index (χ2v) is 11.7. The van der Waals surface area contributed by atoms with Crippen molar-refractivity contribution in [2.24, 2.45) is 35.5 Å². The predicted octanol–water partition coefficient (Wildman–Crippen LogP) is 8.56. The van der Waals surface area contributed by atoms with Gasteiger partial charge in [0, 0.05) is 12.6 Å². The molecule has 0 radical (unpaired) electrons. The number of amides is 1. The highest BCUT2D eigenvalue weighted by Crippen LogP contribution is 2.31. The lowest BCUT2D eigenvalue weighted by atomic mass is 9.95. The number of carbonyl (C=O) groups is 1. The first-order valence-electron chi connectivity index (χ1n) is 13.6. The number of ether oxygens (including phenoxy) is 1. The number of nitrogens with zero attached hydrogens (tertiary/aromatic N) is 1. The summed E-state index contributed by atoms with van der Waals surface area (Å²) in [6.45, 7) is 19.2. The van der Waals surface area contributed by atoms with E-state index in [1.54, 1.807) is 0 Å². The molecule has 2 saturated carbocycles. The van der Waals surface area contributed by atoms with Gasteiger partial charge in [0.2, 0.25) is 0 Å². The molecule has 1 amide bonds. The molecule has 0 aromatic heterocycles. The second-order valence-electron chi connectivity index (χ2n) is 11.7. The fourth-order valence-corrected chi connectivity index (χ4v) is 5.28. The van der Waals surface area contributed by atoms with Gasteiger partial charge in [-0.05, 0) is 48.3 Å². The summed E-state index contributed by atoms with van der Waals surface area (Å²) in [7, 11) is 0. The molecule has 3 nitrogen and oxygen atoms in total. The molecule has 0 N–H and O–H groups in total. The molecule has 184 valence electrons. The van der Waals surface area contributed by atoms with Gasteiger partial charge in [0.25, 0.3) is 0 Å². The quantitative estimate of drug-likeness (QED) is 0.431. The van der Waals surface area contributed by atoms with E-state index in [0.717, 1.165) is 43.1 Å². The van der Waals surface area contributed by atoms with Crippen molar-refractivity contribution in [1.29, 1.82) is 0 Å². The molecule has 0 aromatic carbocycles. The van der Waals surface area contributed by atoms with Crippen LogP contribution in [0.5, 0.6) is 0 Å². The van der Waals surface area contributed by atoms with E-state index in [-0.39, 0.29) is 6.09 Å². The summed E-state index contributed by atoms with van der Waals surface area (Å²) in [5.74, 6) is 4.95. The first-order chi connectivity index (χ1) is 14.6. The van der Waals surface area contributed by atoms with Gasteiger partial charge in [-0.3, -0.25) is 0 Å². The molecule has 3 rings (SSSR count). The third-order valence-electron chi connectivity index (χ3n) is 7.53. The Hall–Kier alpha value is -0.730. The molecule has 3 fully saturated rings. The minimum Gasteiger partial charge on any atom is -0.449 e. The van der Waals surface area contributed by atoms with Gasteiger partial charge >= 0.3 is 6.09 Å². The zero-order valence-corrected chi connectivity index (χ0v) is 22.3. The van der Waals surface area contributed by atoms with Crippen LogP contribution in [0.25, 0.3) is 0 Å². The molecule has 1 aliphatic heterocycles. The molecule has 2 aliphatic carbocycles. The zero-order valence-electron chi connectivity index (χ0n) is 22.3. The Bertz CT molecular complexity index is 440. The SMILES string of the molecule is CC(C)C1CCCC1.CC(C)C1CCCC1.CC(C)COC(=O)N1CCCC1C(C)C. The second kappa shape index (κ2) is 15.2. The average Bonchev–Trinajstić information content (AvgIpc) is 3.48. The van der Waals surface area contributed by atoms with E-state index in [2.05, 4.69) is 55.4 Å². The molecular formula is C28H55NO2. The van der Waals surface area contributed by atoms with Gasteiger partial charge < -0.3 is 9.64 Å². The van der Waals surface area contributed by atoms with Crippen LogP contribution < -0.4 is 0 Å². The van der Waals surface area contributed by atoms with Crippen molar-refractivity contribution in [3.63, 3.8) is 0 Å². The molecule has 1 atom stereocenters. The smallest absolute Gasteiger partial charge is 0.410 e. The Labute approximate surface area is 195 Å². The highest BCUT2D eigenvalue weighted by molar-refractivity contribution is 5.68. The van der Waals surface area contributed by atoms with Crippen LogP contribution in [0, 0.1) is 35.5 Å². The van der Waals surface area contributed by atoms with Gasteiger partial charge in [-0.2, -0.15) is 0 Å². The van der Waals surface area contributed by atoms with Crippen LogP contribution in [0.1, 0.15) is 120 Å². The van der Waals surface area contributed by atoms with E-state index < -0.39 is 0 Å². The van der Waals surface area contributed by atoms with E-state index >= 15 is 0 Å². The maximum atomic E-state index is 11.8. The van der Waals surface area contributed by atoms with Crippen molar-refractivity contribution < 1.29 is 9.53 Å². The van der Waals surface area contributed by atoms with Crippen molar-refractivity contribution in [2.45, 2.75) is 126 Å². The minimum atomic E-state index is -0.125. The Balaban J connectivity index is 0.000000253. The van der Waals surface area contributed by atoms with Gasteiger partial charge in [0.15, 0.2) is 0 Å². The molecule has 1 heterocycles. The van der Waals surface area contributed by atoms with Crippen LogP contribution in [0.15, 0.2) is 0 Å². The van der Waals surface area contributed by atoms with Crippen molar-refractivity contribution >= 4 is 6.09 Å². The van der Waals surface area contributed by atoms with Crippen LogP contribution in [-0.2, 0) is 4.74 Å². The summed E-state index contributed by atoms with van der Waals surface area (Å²) >= 11 is 0. The standard InChI is InChI=1S/C12H23NO2.2C8H16/c1-9(2)8-15-12(14)13-7-5-6-11(13)10(3)4;2*1-7(2)8-5-3-4-6-8/h9-11H,5-8H2,1-4H3;2*7-8H,3-6H2,1-2H3. The first kappa shape index (κ1) is 28.3. The summed E-state index contributed by atoms with van der Waals surface area (Å²) in [4.78, 5) is 13.7. The third kappa shape index (κ3) is 11.1. The van der Waals surface area contributed by atoms with Crippen LogP contribution in [0.4, 0.5) is 4.79 Å². The summed E-state index contributed by atoms with van der Waals surface area (Å²) in [5.41, 5.74) is 0. The molecule has 31 heavy (non-hydrogen) atoms. The Morgan fingerprint density at radius 1 is 0.710 bits per heavy atom. The normalized spacial score (nSPS) is 22.2. The lowest BCUT2D eigenvalue weighted by molar-refractivity contribution is 0.0813. The van der Waals surface area contributed by atoms with E-state index in [1.807, 2.05) is 4.90 Å².